The first-order valence-corrected chi connectivity index (χ1v) is 7.75. The van der Waals surface area contributed by atoms with Gasteiger partial charge in [-0.1, -0.05) is 11.6 Å². The van der Waals surface area contributed by atoms with Gasteiger partial charge in [0, 0.05) is 20.2 Å². The zero-order valence-corrected chi connectivity index (χ0v) is 12.0. The Hall–Kier alpha value is -0.690. The van der Waals surface area contributed by atoms with Crippen molar-refractivity contribution in [3.05, 3.63) is 29.0 Å². The van der Waals surface area contributed by atoms with Gasteiger partial charge in [0.1, 0.15) is 5.82 Å². The van der Waals surface area contributed by atoms with Crippen molar-refractivity contribution in [2.24, 2.45) is 0 Å². The van der Waals surface area contributed by atoms with Crippen LogP contribution >= 0.6 is 11.6 Å². The van der Waals surface area contributed by atoms with Crippen molar-refractivity contribution < 1.29 is 17.5 Å². The molecule has 0 spiro atoms. The monoisotopic (exact) mass is 307 g/mol. The third-order valence-corrected chi connectivity index (χ3v) is 5.45. The van der Waals surface area contributed by atoms with Gasteiger partial charge in [0.15, 0.2) is 0 Å². The van der Waals surface area contributed by atoms with Gasteiger partial charge in [-0.05, 0) is 31.0 Å². The first-order chi connectivity index (χ1) is 8.95. The number of rotatable bonds is 3. The van der Waals surface area contributed by atoms with Gasteiger partial charge >= 0.3 is 0 Å². The Morgan fingerprint density at radius 2 is 2.00 bits per heavy atom. The zero-order valence-electron chi connectivity index (χ0n) is 10.5. The van der Waals surface area contributed by atoms with Gasteiger partial charge in [-0.3, -0.25) is 0 Å². The van der Waals surface area contributed by atoms with Gasteiger partial charge in [-0.2, -0.15) is 4.31 Å². The molecular weight excluding hydrogens is 293 g/mol. The number of halogens is 2. The average molecular weight is 308 g/mol. The summed E-state index contributed by atoms with van der Waals surface area (Å²) >= 11 is 5.63. The number of hydrogen-bond donors (Lipinski definition) is 0. The van der Waals surface area contributed by atoms with Crippen LogP contribution in [0.25, 0.3) is 0 Å². The van der Waals surface area contributed by atoms with Crippen LogP contribution < -0.4 is 0 Å². The summed E-state index contributed by atoms with van der Waals surface area (Å²) in [6, 6.07) is 3.45. The SMILES string of the molecule is COC1CCN(S(=O)(=O)c2ccc(F)c(Cl)c2)CC1. The number of sulfonamides is 1. The standard InChI is InChI=1S/C12H15ClFNO3S/c1-18-9-4-6-15(7-5-9)19(16,17)10-2-3-12(14)11(13)8-10/h2-3,8-9H,4-7H2,1H3. The minimum Gasteiger partial charge on any atom is -0.381 e. The van der Waals surface area contributed by atoms with Crippen LogP contribution in [-0.4, -0.2) is 39.0 Å². The summed E-state index contributed by atoms with van der Waals surface area (Å²) in [6.07, 6.45) is 1.42. The minimum absolute atomic E-state index is 0.0229. The predicted molar refractivity (Wildman–Crippen MR) is 70.2 cm³/mol. The number of benzene rings is 1. The molecule has 0 atom stereocenters. The largest absolute Gasteiger partial charge is 0.381 e. The Labute approximate surface area is 117 Å². The van der Waals surface area contributed by atoms with Gasteiger partial charge in [-0.25, -0.2) is 12.8 Å². The quantitative estimate of drug-likeness (QED) is 0.860. The van der Waals surface area contributed by atoms with E-state index >= 15 is 0 Å². The molecule has 19 heavy (non-hydrogen) atoms. The Morgan fingerprint density at radius 1 is 1.37 bits per heavy atom. The van der Waals surface area contributed by atoms with Crippen molar-refractivity contribution in [2.75, 3.05) is 20.2 Å². The molecule has 0 amide bonds. The van der Waals surface area contributed by atoms with Crippen molar-refractivity contribution in [1.29, 1.82) is 0 Å². The molecule has 0 saturated carbocycles. The number of ether oxygens (including phenoxy) is 1. The Balaban J connectivity index is 2.21. The molecule has 0 N–H and O–H groups in total. The van der Waals surface area contributed by atoms with Gasteiger partial charge < -0.3 is 4.74 Å². The van der Waals surface area contributed by atoms with Crippen molar-refractivity contribution in [3.8, 4) is 0 Å². The summed E-state index contributed by atoms with van der Waals surface area (Å²) in [5, 5.41) is -0.187. The molecule has 0 aromatic heterocycles. The second-order valence-electron chi connectivity index (χ2n) is 4.42. The molecule has 1 aliphatic heterocycles. The Kier molecular flexibility index (Phi) is 4.45. The van der Waals surface area contributed by atoms with Crippen molar-refractivity contribution in [2.45, 2.75) is 23.8 Å². The van der Waals surface area contributed by atoms with Crippen LogP contribution in [-0.2, 0) is 14.8 Å². The molecule has 1 aliphatic rings. The maximum Gasteiger partial charge on any atom is 0.243 e. The molecule has 2 rings (SSSR count). The molecular formula is C12H15ClFNO3S. The fraction of sp³-hybridized carbons (Fsp3) is 0.500. The van der Waals surface area contributed by atoms with E-state index in [2.05, 4.69) is 0 Å². The second-order valence-corrected chi connectivity index (χ2v) is 6.76. The molecule has 1 heterocycles. The first kappa shape index (κ1) is 14.7. The maximum absolute atomic E-state index is 13.1. The van der Waals surface area contributed by atoms with Crippen LogP contribution in [0.15, 0.2) is 23.1 Å². The first-order valence-electron chi connectivity index (χ1n) is 5.93. The summed E-state index contributed by atoms with van der Waals surface area (Å²) in [4.78, 5) is 0.0229. The molecule has 1 fully saturated rings. The molecule has 106 valence electrons. The summed E-state index contributed by atoms with van der Waals surface area (Å²) in [6.45, 7) is 0.797. The van der Waals surface area contributed by atoms with E-state index in [9.17, 15) is 12.8 Å². The molecule has 1 aromatic carbocycles. The molecule has 7 heteroatoms. The van der Waals surface area contributed by atoms with Crippen LogP contribution in [0.1, 0.15) is 12.8 Å². The topological polar surface area (TPSA) is 46.6 Å². The van der Waals surface area contributed by atoms with Crippen LogP contribution in [0.5, 0.6) is 0 Å². The summed E-state index contributed by atoms with van der Waals surface area (Å²) in [5.74, 6) is -0.626. The predicted octanol–water partition coefficient (Wildman–Crippen LogP) is 2.28. The smallest absolute Gasteiger partial charge is 0.243 e. The molecule has 1 aromatic rings. The van der Waals surface area contributed by atoms with Gasteiger partial charge in [0.25, 0.3) is 0 Å². The lowest BCUT2D eigenvalue weighted by atomic mass is 10.1. The molecule has 0 bridgehead atoms. The highest BCUT2D eigenvalue weighted by Crippen LogP contribution is 2.25. The summed E-state index contributed by atoms with van der Waals surface area (Å²) in [5.41, 5.74) is 0. The highest BCUT2D eigenvalue weighted by Gasteiger charge is 2.29. The van der Waals surface area contributed by atoms with Crippen LogP contribution in [0.2, 0.25) is 5.02 Å². The van der Waals surface area contributed by atoms with E-state index in [0.717, 1.165) is 12.1 Å². The average Bonchev–Trinajstić information content (AvgIpc) is 2.41. The van der Waals surface area contributed by atoms with Gasteiger partial charge in [0.2, 0.25) is 10.0 Å². The fourth-order valence-corrected chi connectivity index (χ4v) is 3.84. The number of methoxy groups -OCH3 is 1. The highest BCUT2D eigenvalue weighted by molar-refractivity contribution is 7.89. The zero-order chi connectivity index (χ0) is 14.0. The third kappa shape index (κ3) is 3.08. The van der Waals surface area contributed by atoms with E-state index in [1.165, 1.54) is 10.4 Å². The normalized spacial score (nSPS) is 18.7. The number of hydrogen-bond acceptors (Lipinski definition) is 3. The maximum atomic E-state index is 13.1. The lowest BCUT2D eigenvalue weighted by Gasteiger charge is -2.30. The fourth-order valence-electron chi connectivity index (χ4n) is 2.09. The lowest BCUT2D eigenvalue weighted by Crippen LogP contribution is -2.40. The molecule has 4 nitrogen and oxygen atoms in total. The van der Waals surface area contributed by atoms with E-state index in [4.69, 9.17) is 16.3 Å². The Bertz CT molecular complexity index is 556. The number of piperidine rings is 1. The molecule has 1 saturated heterocycles. The van der Waals surface area contributed by atoms with E-state index in [0.29, 0.717) is 25.9 Å². The molecule has 0 radical (unpaired) electrons. The van der Waals surface area contributed by atoms with E-state index in [1.807, 2.05) is 0 Å². The highest BCUT2D eigenvalue weighted by atomic mass is 35.5. The van der Waals surface area contributed by atoms with Crippen LogP contribution in [0.4, 0.5) is 4.39 Å². The Morgan fingerprint density at radius 3 is 2.53 bits per heavy atom. The minimum atomic E-state index is -3.61. The third-order valence-electron chi connectivity index (χ3n) is 3.26. The summed E-state index contributed by atoms with van der Waals surface area (Å²) < 4.78 is 44.4. The molecule has 0 aliphatic carbocycles. The summed E-state index contributed by atoms with van der Waals surface area (Å²) in [7, 11) is -1.99. The van der Waals surface area contributed by atoms with E-state index in [1.54, 1.807) is 7.11 Å². The van der Waals surface area contributed by atoms with Gasteiger partial charge in [0.05, 0.1) is 16.0 Å². The van der Waals surface area contributed by atoms with Crippen molar-refractivity contribution in [1.82, 2.24) is 4.31 Å². The van der Waals surface area contributed by atoms with Crippen molar-refractivity contribution in [3.63, 3.8) is 0 Å². The van der Waals surface area contributed by atoms with Crippen LogP contribution in [0.3, 0.4) is 0 Å². The second kappa shape index (κ2) is 5.75. The van der Waals surface area contributed by atoms with E-state index < -0.39 is 15.8 Å². The van der Waals surface area contributed by atoms with Crippen LogP contribution in [0, 0.1) is 5.82 Å². The van der Waals surface area contributed by atoms with Gasteiger partial charge in [-0.15, -0.1) is 0 Å². The van der Waals surface area contributed by atoms with Crippen molar-refractivity contribution >= 4 is 21.6 Å². The van der Waals surface area contributed by atoms with E-state index in [-0.39, 0.29) is 16.0 Å². The number of nitrogens with zero attached hydrogens (tertiary/aromatic N) is 1. The lowest BCUT2D eigenvalue weighted by molar-refractivity contribution is 0.0604. The molecule has 0 unspecified atom stereocenters.